The second kappa shape index (κ2) is 8.00. The van der Waals surface area contributed by atoms with Gasteiger partial charge in [-0.3, -0.25) is 0 Å². The second-order valence-corrected chi connectivity index (χ2v) is 11.8. The Labute approximate surface area is 186 Å². The van der Waals surface area contributed by atoms with Gasteiger partial charge in [0.2, 0.25) is 20.0 Å². The number of benzene rings is 1. The molecule has 0 unspecified atom stereocenters. The van der Waals surface area contributed by atoms with Crippen molar-refractivity contribution in [2.24, 2.45) is 5.14 Å². The number of anilines is 1. The Bertz CT molecular complexity index is 1200. The van der Waals surface area contributed by atoms with Gasteiger partial charge in [0.15, 0.2) is 5.82 Å². The Morgan fingerprint density at radius 2 is 1.97 bits per heavy atom. The summed E-state index contributed by atoms with van der Waals surface area (Å²) in [5.41, 5.74) is 0.389. The number of likely N-dealkylation sites (N-methyl/N-ethyl adjacent to an activating group) is 1. The highest BCUT2D eigenvalue weighted by atomic mass is 32.2. The molecule has 2 aliphatic heterocycles. The van der Waals surface area contributed by atoms with Crippen molar-refractivity contribution >= 4 is 25.7 Å². The van der Waals surface area contributed by atoms with Gasteiger partial charge in [-0.1, -0.05) is 0 Å². The van der Waals surface area contributed by atoms with E-state index in [2.05, 4.69) is 42.5 Å². The van der Waals surface area contributed by atoms with Gasteiger partial charge in [0.25, 0.3) is 0 Å². The first-order chi connectivity index (χ1) is 14.9. The van der Waals surface area contributed by atoms with E-state index in [-0.39, 0.29) is 23.0 Å². The summed E-state index contributed by atoms with van der Waals surface area (Å²) >= 11 is 0. The Kier molecular flexibility index (Phi) is 5.75. The summed E-state index contributed by atoms with van der Waals surface area (Å²) in [6.07, 6.45) is 0.595. The van der Waals surface area contributed by atoms with Crippen LogP contribution in [-0.4, -0.2) is 94.2 Å². The molecule has 3 heterocycles. The van der Waals surface area contributed by atoms with Gasteiger partial charge >= 0.3 is 0 Å². The van der Waals surface area contributed by atoms with Crippen LogP contribution in [0.3, 0.4) is 0 Å². The number of hydrogen-bond acceptors (Lipinski definition) is 10. The number of primary sulfonamides is 1. The van der Waals surface area contributed by atoms with Crippen LogP contribution >= 0.6 is 0 Å². The Balaban J connectivity index is 1.88. The minimum atomic E-state index is -4.48. The zero-order valence-electron chi connectivity index (χ0n) is 18.0. The quantitative estimate of drug-likeness (QED) is 0.353. The summed E-state index contributed by atoms with van der Waals surface area (Å²) in [6, 6.07) is 2.50. The molecule has 1 aromatic heterocycles. The number of aromatic amines is 1. The molecule has 176 valence electrons. The zero-order valence-corrected chi connectivity index (χ0v) is 19.7. The molecule has 2 aliphatic rings. The SMILES string of the molecule is CN(C)C1(C)CN(c2ccc(S(=O)(=O)N[C@@H]3CCNC3)c(S(N)(=O)=O)c2-c2nnn[nH]2)C1. The fourth-order valence-corrected chi connectivity index (χ4v) is 6.94. The molecule has 0 radical (unpaired) electrons. The van der Waals surface area contributed by atoms with Crippen LogP contribution in [0.5, 0.6) is 0 Å². The summed E-state index contributed by atoms with van der Waals surface area (Å²) < 4.78 is 54.4. The van der Waals surface area contributed by atoms with Gasteiger partial charge in [0, 0.05) is 31.4 Å². The summed E-state index contributed by atoms with van der Waals surface area (Å²) in [5, 5.41) is 22.1. The maximum atomic E-state index is 13.2. The first-order valence-corrected chi connectivity index (χ1v) is 13.0. The van der Waals surface area contributed by atoms with Crippen LogP contribution in [0.2, 0.25) is 0 Å². The number of aromatic nitrogens is 4. The lowest BCUT2D eigenvalue weighted by Crippen LogP contribution is -2.67. The Morgan fingerprint density at radius 3 is 2.50 bits per heavy atom. The molecule has 1 aromatic carbocycles. The fraction of sp³-hybridized carbons (Fsp3) is 0.588. The van der Waals surface area contributed by atoms with Gasteiger partial charge in [-0.25, -0.2) is 31.8 Å². The summed E-state index contributed by atoms with van der Waals surface area (Å²) in [4.78, 5) is 3.05. The van der Waals surface area contributed by atoms with Gasteiger partial charge in [-0.2, -0.15) is 0 Å². The molecular formula is C17H27N9O4S2. The molecule has 0 saturated carbocycles. The van der Waals surface area contributed by atoms with Crippen LogP contribution in [0, 0.1) is 0 Å². The summed E-state index contributed by atoms with van der Waals surface area (Å²) in [7, 11) is -4.74. The molecule has 2 fully saturated rings. The van der Waals surface area contributed by atoms with E-state index in [4.69, 9.17) is 5.14 Å². The third-order valence-corrected chi connectivity index (χ3v) is 8.81. The number of sulfonamides is 2. The fourth-order valence-electron chi connectivity index (χ4n) is 4.07. The first-order valence-electron chi connectivity index (χ1n) is 10.0. The Morgan fingerprint density at radius 1 is 1.25 bits per heavy atom. The Hall–Kier alpha value is -2.17. The maximum Gasteiger partial charge on any atom is 0.242 e. The monoisotopic (exact) mass is 485 g/mol. The highest BCUT2D eigenvalue weighted by Crippen LogP contribution is 2.42. The lowest BCUT2D eigenvalue weighted by molar-refractivity contribution is 0.133. The average molecular weight is 486 g/mol. The van der Waals surface area contributed by atoms with E-state index in [1.165, 1.54) is 6.07 Å². The first kappa shape index (κ1) is 23.0. The molecule has 1 atom stereocenters. The predicted octanol–water partition coefficient (Wildman–Crippen LogP) is -1.71. The van der Waals surface area contributed by atoms with Crippen LogP contribution < -0.4 is 20.1 Å². The van der Waals surface area contributed by atoms with Crippen LogP contribution in [0.1, 0.15) is 13.3 Å². The largest absolute Gasteiger partial charge is 0.367 e. The van der Waals surface area contributed by atoms with Crippen molar-refractivity contribution in [3.63, 3.8) is 0 Å². The lowest BCUT2D eigenvalue weighted by atomic mass is 9.89. The summed E-state index contributed by atoms with van der Waals surface area (Å²) in [6.45, 7) is 4.39. The van der Waals surface area contributed by atoms with Crippen molar-refractivity contribution in [1.82, 2.24) is 35.6 Å². The second-order valence-electron chi connectivity index (χ2n) is 8.64. The van der Waals surface area contributed by atoms with E-state index in [1.807, 2.05) is 19.0 Å². The zero-order chi connectivity index (χ0) is 23.3. The highest BCUT2D eigenvalue weighted by molar-refractivity contribution is 7.92. The molecule has 0 amide bonds. The van der Waals surface area contributed by atoms with Crippen molar-refractivity contribution in [3.8, 4) is 11.4 Å². The predicted molar refractivity (Wildman–Crippen MR) is 117 cm³/mol. The molecule has 2 saturated heterocycles. The molecule has 2 aromatic rings. The molecule has 4 rings (SSSR count). The molecule has 0 spiro atoms. The third-order valence-electron chi connectivity index (χ3n) is 6.12. The molecule has 0 aliphatic carbocycles. The number of H-pyrrole nitrogens is 1. The minimum absolute atomic E-state index is 0.0158. The molecule has 0 bridgehead atoms. The van der Waals surface area contributed by atoms with Crippen LogP contribution in [0.4, 0.5) is 5.69 Å². The van der Waals surface area contributed by atoms with E-state index in [1.54, 1.807) is 6.07 Å². The van der Waals surface area contributed by atoms with Crippen molar-refractivity contribution < 1.29 is 16.8 Å². The number of nitrogens with one attached hydrogen (secondary N) is 3. The van der Waals surface area contributed by atoms with E-state index in [0.29, 0.717) is 38.3 Å². The van der Waals surface area contributed by atoms with Gasteiger partial charge in [0.1, 0.15) is 9.79 Å². The number of tetrazole rings is 1. The van der Waals surface area contributed by atoms with Gasteiger partial charge in [0.05, 0.1) is 11.1 Å². The minimum Gasteiger partial charge on any atom is -0.367 e. The smallest absolute Gasteiger partial charge is 0.242 e. The average Bonchev–Trinajstić information content (AvgIpc) is 3.37. The summed E-state index contributed by atoms with van der Waals surface area (Å²) in [5.74, 6) is 0.0158. The van der Waals surface area contributed by atoms with Crippen molar-refractivity contribution in [2.45, 2.75) is 34.7 Å². The molecule has 15 heteroatoms. The van der Waals surface area contributed by atoms with Gasteiger partial charge in [-0.05, 0) is 56.5 Å². The van der Waals surface area contributed by atoms with Crippen LogP contribution in [0.25, 0.3) is 11.4 Å². The number of rotatable bonds is 7. The van der Waals surface area contributed by atoms with Gasteiger partial charge in [-0.15, -0.1) is 5.10 Å². The normalized spacial score (nSPS) is 21.2. The van der Waals surface area contributed by atoms with Crippen LogP contribution in [0.15, 0.2) is 21.9 Å². The lowest BCUT2D eigenvalue weighted by Gasteiger charge is -2.53. The molecular weight excluding hydrogens is 458 g/mol. The van der Waals surface area contributed by atoms with E-state index in [9.17, 15) is 16.8 Å². The highest BCUT2D eigenvalue weighted by Gasteiger charge is 2.43. The topological polar surface area (TPSA) is 179 Å². The van der Waals surface area contributed by atoms with E-state index in [0.717, 1.165) is 0 Å². The van der Waals surface area contributed by atoms with E-state index < -0.39 is 29.8 Å². The number of nitrogens with zero attached hydrogens (tertiary/aromatic N) is 5. The molecule has 32 heavy (non-hydrogen) atoms. The maximum absolute atomic E-state index is 13.2. The number of nitrogens with two attached hydrogens (primary N) is 1. The van der Waals surface area contributed by atoms with Crippen molar-refractivity contribution in [1.29, 1.82) is 0 Å². The number of hydrogen-bond donors (Lipinski definition) is 4. The van der Waals surface area contributed by atoms with Gasteiger partial charge < -0.3 is 15.1 Å². The van der Waals surface area contributed by atoms with Crippen LogP contribution in [-0.2, 0) is 20.0 Å². The molecule has 5 N–H and O–H groups in total. The van der Waals surface area contributed by atoms with E-state index >= 15 is 0 Å². The van der Waals surface area contributed by atoms with Crippen molar-refractivity contribution in [2.75, 3.05) is 45.2 Å². The standard InChI is InChI=1S/C17H27N9O4S2/c1-17(25(2)3)9-26(10-17)12-4-5-13(32(29,30)22-11-6-7-19-8-11)15(31(18,27)28)14(12)16-20-23-24-21-16/h4-5,11,19,22H,6-10H2,1-3H3,(H2,18,27,28)(H,20,21,23,24)/t11-/m1/s1. The molecule has 13 nitrogen and oxygen atoms in total. The van der Waals surface area contributed by atoms with Crippen molar-refractivity contribution in [3.05, 3.63) is 12.1 Å². The third kappa shape index (κ3) is 4.11.